The zero-order valence-corrected chi connectivity index (χ0v) is 12.9. The smallest absolute Gasteiger partial charge is 0.240 e. The van der Waals surface area contributed by atoms with E-state index in [1.807, 2.05) is 6.92 Å². The lowest BCUT2D eigenvalue weighted by molar-refractivity contribution is -0.118. The Morgan fingerprint density at radius 3 is 2.40 bits per heavy atom. The molecule has 0 radical (unpaired) electrons. The average molecular weight is 300 g/mol. The van der Waals surface area contributed by atoms with Crippen molar-refractivity contribution in [2.24, 2.45) is 0 Å². The van der Waals surface area contributed by atoms with E-state index in [9.17, 15) is 13.2 Å². The van der Waals surface area contributed by atoms with Gasteiger partial charge in [-0.1, -0.05) is 0 Å². The topological polar surface area (TPSA) is 84.5 Å². The molecule has 1 amide bonds. The normalized spacial score (nSPS) is 11.2. The molecule has 7 heteroatoms. The van der Waals surface area contributed by atoms with E-state index >= 15 is 0 Å². The molecule has 1 aromatic rings. The summed E-state index contributed by atoms with van der Waals surface area (Å²) in [5.74, 6) is 0.459. The Morgan fingerprint density at radius 2 is 1.85 bits per heavy atom. The first kappa shape index (κ1) is 16.5. The number of hydrogen-bond donors (Lipinski definition) is 2. The minimum atomic E-state index is -3.59. The number of benzene rings is 1. The van der Waals surface area contributed by atoms with Crippen molar-refractivity contribution in [1.29, 1.82) is 0 Å². The number of rotatable bonds is 6. The number of amides is 1. The fourth-order valence-corrected chi connectivity index (χ4v) is 3.11. The van der Waals surface area contributed by atoms with E-state index < -0.39 is 10.0 Å². The monoisotopic (exact) mass is 300 g/mol. The van der Waals surface area contributed by atoms with Crippen LogP contribution < -0.4 is 14.8 Å². The van der Waals surface area contributed by atoms with E-state index in [1.165, 1.54) is 13.0 Å². The van der Waals surface area contributed by atoms with Crippen LogP contribution in [-0.4, -0.2) is 34.5 Å². The minimum absolute atomic E-state index is 0.145. The molecule has 6 nitrogen and oxygen atoms in total. The van der Waals surface area contributed by atoms with Crippen molar-refractivity contribution in [2.45, 2.75) is 25.7 Å². The lowest BCUT2D eigenvalue weighted by atomic mass is 10.1. The maximum absolute atomic E-state index is 12.2. The van der Waals surface area contributed by atoms with Gasteiger partial charge >= 0.3 is 0 Å². The highest BCUT2D eigenvalue weighted by molar-refractivity contribution is 7.89. The third kappa shape index (κ3) is 3.94. The fraction of sp³-hybridized carbons (Fsp3) is 0.462. The number of methoxy groups -OCH3 is 1. The summed E-state index contributed by atoms with van der Waals surface area (Å²) < 4.78 is 32.0. The molecule has 1 rings (SSSR count). The largest absolute Gasteiger partial charge is 0.496 e. The van der Waals surface area contributed by atoms with E-state index in [2.05, 4.69) is 10.0 Å². The molecule has 0 aromatic heterocycles. The van der Waals surface area contributed by atoms with Crippen LogP contribution >= 0.6 is 0 Å². The predicted molar refractivity (Wildman–Crippen MR) is 76.3 cm³/mol. The van der Waals surface area contributed by atoms with Crippen LogP contribution in [0.3, 0.4) is 0 Å². The molecular weight excluding hydrogens is 280 g/mol. The second-order valence-electron chi connectivity index (χ2n) is 4.40. The van der Waals surface area contributed by atoms with Crippen molar-refractivity contribution in [3.8, 4) is 5.75 Å². The third-order valence-corrected chi connectivity index (χ3v) is 4.59. The summed E-state index contributed by atoms with van der Waals surface area (Å²) in [6.07, 6.45) is 0. The van der Waals surface area contributed by atoms with Crippen molar-refractivity contribution in [2.75, 3.05) is 20.2 Å². The maximum Gasteiger partial charge on any atom is 0.240 e. The molecule has 0 bridgehead atoms. The SMILES string of the molecule is COc1ccc(S(=O)(=O)NCCNC(C)=O)c(C)c1C. The molecule has 112 valence electrons. The lowest BCUT2D eigenvalue weighted by Gasteiger charge is -2.13. The molecule has 0 saturated heterocycles. The van der Waals surface area contributed by atoms with E-state index in [0.717, 1.165) is 5.56 Å². The summed E-state index contributed by atoms with van der Waals surface area (Å²) in [4.78, 5) is 10.9. The molecule has 0 saturated carbocycles. The quantitative estimate of drug-likeness (QED) is 0.758. The number of ether oxygens (including phenoxy) is 1. The minimum Gasteiger partial charge on any atom is -0.496 e. The highest BCUT2D eigenvalue weighted by Crippen LogP contribution is 2.26. The Morgan fingerprint density at radius 1 is 1.20 bits per heavy atom. The molecule has 1 aromatic carbocycles. The van der Waals surface area contributed by atoms with Gasteiger partial charge in [-0.25, -0.2) is 13.1 Å². The summed E-state index contributed by atoms with van der Waals surface area (Å²) >= 11 is 0. The van der Waals surface area contributed by atoms with Crippen LogP contribution in [0.25, 0.3) is 0 Å². The molecule has 0 aliphatic heterocycles. The van der Waals surface area contributed by atoms with Gasteiger partial charge in [0, 0.05) is 20.0 Å². The van der Waals surface area contributed by atoms with Crippen molar-refractivity contribution in [1.82, 2.24) is 10.0 Å². The first-order chi connectivity index (χ1) is 9.29. The van der Waals surface area contributed by atoms with E-state index in [4.69, 9.17) is 4.74 Å². The maximum atomic E-state index is 12.2. The van der Waals surface area contributed by atoms with E-state index in [0.29, 0.717) is 11.3 Å². The van der Waals surface area contributed by atoms with Gasteiger partial charge < -0.3 is 10.1 Å². The van der Waals surface area contributed by atoms with Gasteiger partial charge in [0.15, 0.2) is 0 Å². The molecule has 2 N–H and O–H groups in total. The molecule has 0 aliphatic rings. The highest BCUT2D eigenvalue weighted by Gasteiger charge is 2.18. The Labute approximate surface area is 119 Å². The van der Waals surface area contributed by atoms with Gasteiger partial charge in [0.25, 0.3) is 0 Å². The van der Waals surface area contributed by atoms with Crippen LogP contribution in [0.2, 0.25) is 0 Å². The summed E-state index contributed by atoms with van der Waals surface area (Å²) in [6, 6.07) is 3.15. The van der Waals surface area contributed by atoms with Crippen molar-refractivity contribution < 1.29 is 17.9 Å². The first-order valence-electron chi connectivity index (χ1n) is 6.18. The van der Waals surface area contributed by atoms with Gasteiger partial charge in [0.2, 0.25) is 15.9 Å². The second kappa shape index (κ2) is 6.71. The first-order valence-corrected chi connectivity index (χ1v) is 7.66. The highest BCUT2D eigenvalue weighted by atomic mass is 32.2. The number of hydrogen-bond acceptors (Lipinski definition) is 4. The van der Waals surface area contributed by atoms with Gasteiger partial charge in [-0.3, -0.25) is 4.79 Å². The van der Waals surface area contributed by atoms with E-state index in [1.54, 1.807) is 20.1 Å². The summed E-state index contributed by atoms with van der Waals surface area (Å²) in [7, 11) is -2.05. The number of carbonyl (C=O) groups excluding carboxylic acids is 1. The van der Waals surface area contributed by atoms with Gasteiger partial charge in [-0.15, -0.1) is 0 Å². The van der Waals surface area contributed by atoms with Crippen LogP contribution in [0.15, 0.2) is 17.0 Å². The van der Waals surface area contributed by atoms with E-state index in [-0.39, 0.29) is 23.9 Å². The van der Waals surface area contributed by atoms with Gasteiger partial charge in [-0.2, -0.15) is 0 Å². The van der Waals surface area contributed by atoms with Crippen LogP contribution in [-0.2, 0) is 14.8 Å². The Kier molecular flexibility index (Phi) is 5.52. The van der Waals surface area contributed by atoms with Crippen molar-refractivity contribution in [3.63, 3.8) is 0 Å². The summed E-state index contributed by atoms with van der Waals surface area (Å²) in [5.41, 5.74) is 1.44. The molecule has 0 aliphatic carbocycles. The third-order valence-electron chi connectivity index (χ3n) is 2.99. The molecule has 0 atom stereocenters. The molecule has 0 fully saturated rings. The van der Waals surface area contributed by atoms with Crippen LogP contribution in [0.5, 0.6) is 5.75 Å². The standard InChI is InChI=1S/C13H20N2O4S/c1-9-10(2)13(6-5-12(9)19-4)20(17,18)15-8-7-14-11(3)16/h5-6,15H,7-8H2,1-4H3,(H,14,16). The van der Waals surface area contributed by atoms with Gasteiger partial charge in [-0.05, 0) is 37.1 Å². The molecule has 20 heavy (non-hydrogen) atoms. The van der Waals surface area contributed by atoms with Crippen molar-refractivity contribution >= 4 is 15.9 Å². The molecular formula is C13H20N2O4S. The van der Waals surface area contributed by atoms with Gasteiger partial charge in [0.1, 0.15) is 5.75 Å². The van der Waals surface area contributed by atoms with Gasteiger partial charge in [0.05, 0.1) is 12.0 Å². The lowest BCUT2D eigenvalue weighted by Crippen LogP contribution is -2.34. The number of sulfonamides is 1. The Balaban J connectivity index is 2.88. The van der Waals surface area contributed by atoms with Crippen LogP contribution in [0, 0.1) is 13.8 Å². The second-order valence-corrected chi connectivity index (χ2v) is 6.13. The predicted octanol–water partition coefficient (Wildman–Crippen LogP) is 0.726. The van der Waals surface area contributed by atoms with Crippen LogP contribution in [0.1, 0.15) is 18.1 Å². The Bertz CT molecular complexity index is 597. The fourth-order valence-electron chi connectivity index (χ4n) is 1.78. The Hall–Kier alpha value is -1.60. The molecule has 0 spiro atoms. The summed E-state index contributed by atoms with van der Waals surface area (Å²) in [6.45, 7) is 5.32. The summed E-state index contributed by atoms with van der Waals surface area (Å²) in [5, 5.41) is 2.53. The van der Waals surface area contributed by atoms with Crippen LogP contribution in [0.4, 0.5) is 0 Å². The zero-order chi connectivity index (χ0) is 15.3. The number of carbonyl (C=O) groups is 1. The zero-order valence-electron chi connectivity index (χ0n) is 12.1. The molecule has 0 unspecified atom stereocenters. The molecule has 0 heterocycles. The number of nitrogens with one attached hydrogen (secondary N) is 2. The average Bonchev–Trinajstić information content (AvgIpc) is 2.37. The van der Waals surface area contributed by atoms with Crippen molar-refractivity contribution in [3.05, 3.63) is 23.3 Å².